The predicted molar refractivity (Wildman–Crippen MR) is 112 cm³/mol. The van der Waals surface area contributed by atoms with Gasteiger partial charge in [0.2, 0.25) is 0 Å². The van der Waals surface area contributed by atoms with Gasteiger partial charge in [-0.1, -0.05) is 24.3 Å². The number of aliphatic hydroxyl groups is 1. The molecule has 2 saturated heterocycles. The molecule has 0 spiro atoms. The maximum atomic E-state index is 12.9. The lowest BCUT2D eigenvalue weighted by Crippen LogP contribution is -2.64. The molecule has 2 amide bonds. The van der Waals surface area contributed by atoms with E-state index in [2.05, 4.69) is 23.2 Å². The van der Waals surface area contributed by atoms with Gasteiger partial charge in [-0.05, 0) is 34.9 Å². The Morgan fingerprint density at radius 1 is 0.933 bits per heavy atom. The first-order valence-electron chi connectivity index (χ1n) is 10.2. The number of carbonyl (C=O) groups excluding carboxylic acids is 2. The second-order valence-corrected chi connectivity index (χ2v) is 8.05. The molecule has 7 nitrogen and oxygen atoms in total. The lowest BCUT2D eigenvalue weighted by Gasteiger charge is -2.42. The van der Waals surface area contributed by atoms with Gasteiger partial charge in [-0.25, -0.2) is 0 Å². The number of nitrogens with zero attached hydrogens (tertiary/aromatic N) is 3. The van der Waals surface area contributed by atoms with Crippen LogP contribution in [-0.4, -0.2) is 77.9 Å². The highest BCUT2D eigenvalue weighted by molar-refractivity contribution is 5.95. The Hall–Kier alpha value is -3.03. The first-order chi connectivity index (χ1) is 14.5. The topological polar surface area (TPSA) is 82.4 Å². The van der Waals surface area contributed by atoms with E-state index in [0.717, 1.165) is 23.2 Å². The Labute approximate surface area is 174 Å². The van der Waals surface area contributed by atoms with Gasteiger partial charge in [-0.2, -0.15) is 0 Å². The molecule has 0 saturated carbocycles. The van der Waals surface area contributed by atoms with E-state index in [0.29, 0.717) is 31.7 Å². The summed E-state index contributed by atoms with van der Waals surface area (Å²) >= 11 is 0. The summed E-state index contributed by atoms with van der Waals surface area (Å²) in [5.41, 5.74) is 3.62. The molecule has 0 aliphatic carbocycles. The van der Waals surface area contributed by atoms with Crippen LogP contribution >= 0.6 is 0 Å². The van der Waals surface area contributed by atoms with Crippen molar-refractivity contribution in [3.05, 3.63) is 53.6 Å². The molecular formula is C23H23N3O4. The van der Waals surface area contributed by atoms with Crippen LogP contribution in [0.3, 0.4) is 0 Å². The van der Waals surface area contributed by atoms with Crippen molar-refractivity contribution in [1.29, 1.82) is 0 Å². The number of aliphatic imine (C=N–C) groups is 1. The van der Waals surface area contributed by atoms with E-state index in [1.54, 1.807) is 9.80 Å². The van der Waals surface area contributed by atoms with Crippen molar-refractivity contribution in [2.24, 2.45) is 4.99 Å². The Morgan fingerprint density at radius 3 is 2.27 bits per heavy atom. The number of ether oxygens (including phenoxy) is 1. The average Bonchev–Trinajstić information content (AvgIpc) is 3.24. The van der Waals surface area contributed by atoms with Crippen LogP contribution in [0.1, 0.15) is 15.9 Å². The van der Waals surface area contributed by atoms with Crippen molar-refractivity contribution in [1.82, 2.24) is 9.80 Å². The number of carbonyl (C=O) groups is 2. The zero-order chi connectivity index (χ0) is 20.7. The molecule has 154 valence electrons. The van der Waals surface area contributed by atoms with Gasteiger partial charge >= 0.3 is 0 Å². The maximum absolute atomic E-state index is 12.9. The molecule has 0 aromatic heterocycles. The molecule has 2 aromatic carbocycles. The van der Waals surface area contributed by atoms with Gasteiger partial charge in [0.05, 0.1) is 18.9 Å². The second-order valence-electron chi connectivity index (χ2n) is 8.05. The molecule has 3 heterocycles. The monoisotopic (exact) mass is 405 g/mol. The van der Waals surface area contributed by atoms with Gasteiger partial charge < -0.3 is 19.6 Å². The molecule has 2 fully saturated rings. The van der Waals surface area contributed by atoms with Crippen LogP contribution in [-0.2, 0) is 16.0 Å². The first-order valence-corrected chi connectivity index (χ1v) is 10.2. The number of hydrogen-bond acceptors (Lipinski definition) is 5. The van der Waals surface area contributed by atoms with E-state index in [9.17, 15) is 14.7 Å². The molecule has 0 unspecified atom stereocenters. The summed E-state index contributed by atoms with van der Waals surface area (Å²) < 4.78 is 4.96. The summed E-state index contributed by atoms with van der Waals surface area (Å²) in [5, 5.41) is 10.2. The highest BCUT2D eigenvalue weighted by Crippen LogP contribution is 2.30. The third-order valence-electron chi connectivity index (χ3n) is 6.03. The molecule has 0 bridgehead atoms. The second kappa shape index (κ2) is 7.34. The largest absolute Gasteiger partial charge is 0.376 e. The Bertz CT molecular complexity index is 1020. The SMILES string of the molecule is O=C(c1ccc(-c2ccc3c(c2)N=CC3)cc1)N1CCN(C(=O)C2(O)COC2)CC1. The summed E-state index contributed by atoms with van der Waals surface area (Å²) in [4.78, 5) is 33.0. The number of benzene rings is 2. The van der Waals surface area contributed by atoms with E-state index in [1.165, 1.54) is 5.56 Å². The van der Waals surface area contributed by atoms with Crippen LogP contribution in [0, 0.1) is 0 Å². The van der Waals surface area contributed by atoms with Crippen molar-refractivity contribution in [2.45, 2.75) is 12.0 Å². The molecule has 3 aliphatic rings. The number of hydrogen-bond donors (Lipinski definition) is 1. The predicted octanol–water partition coefficient (Wildman–Crippen LogP) is 1.66. The number of piperazine rings is 1. The quantitative estimate of drug-likeness (QED) is 0.842. The van der Waals surface area contributed by atoms with Crippen LogP contribution in [0.2, 0.25) is 0 Å². The van der Waals surface area contributed by atoms with Crippen LogP contribution in [0.5, 0.6) is 0 Å². The van der Waals surface area contributed by atoms with Crippen molar-refractivity contribution in [3.63, 3.8) is 0 Å². The average molecular weight is 405 g/mol. The lowest BCUT2D eigenvalue weighted by atomic mass is 10.00. The van der Waals surface area contributed by atoms with E-state index >= 15 is 0 Å². The number of fused-ring (bicyclic) bond motifs is 1. The van der Waals surface area contributed by atoms with Crippen molar-refractivity contribution >= 4 is 23.7 Å². The normalized spacial score (nSPS) is 19.4. The fourth-order valence-electron chi connectivity index (χ4n) is 4.09. The minimum absolute atomic E-state index is 0.0436. The standard InChI is InChI=1S/C23H23N3O4/c27-21(25-9-11-26(12-10-25)22(28)23(29)14-30-15-23)18-4-1-16(2-5-18)19-6-3-17-7-8-24-20(17)13-19/h1-6,8,13,29H,7,9-12,14-15H2. The van der Waals surface area contributed by atoms with Gasteiger partial charge in [0.15, 0.2) is 5.60 Å². The third kappa shape index (κ3) is 3.30. The highest BCUT2D eigenvalue weighted by atomic mass is 16.5. The molecule has 5 rings (SSSR count). The molecule has 30 heavy (non-hydrogen) atoms. The summed E-state index contributed by atoms with van der Waals surface area (Å²) in [6.45, 7) is 1.83. The van der Waals surface area contributed by atoms with Gasteiger partial charge in [0.25, 0.3) is 11.8 Å². The zero-order valence-electron chi connectivity index (χ0n) is 16.6. The van der Waals surface area contributed by atoms with Crippen molar-refractivity contribution in [2.75, 3.05) is 39.4 Å². The molecule has 3 aliphatic heterocycles. The highest BCUT2D eigenvalue weighted by Gasteiger charge is 2.46. The summed E-state index contributed by atoms with van der Waals surface area (Å²) in [7, 11) is 0. The minimum atomic E-state index is -1.38. The Kier molecular flexibility index (Phi) is 4.64. The van der Waals surface area contributed by atoms with Crippen molar-refractivity contribution in [3.8, 4) is 11.1 Å². The van der Waals surface area contributed by atoms with Gasteiger partial charge in [0.1, 0.15) is 0 Å². The molecule has 0 atom stereocenters. The fourth-order valence-corrected chi connectivity index (χ4v) is 4.09. The van der Waals surface area contributed by atoms with E-state index < -0.39 is 5.60 Å². The third-order valence-corrected chi connectivity index (χ3v) is 6.03. The fraction of sp³-hybridized carbons (Fsp3) is 0.348. The van der Waals surface area contributed by atoms with Crippen LogP contribution in [0.15, 0.2) is 47.5 Å². The van der Waals surface area contributed by atoms with Crippen molar-refractivity contribution < 1.29 is 19.4 Å². The van der Waals surface area contributed by atoms with E-state index in [4.69, 9.17) is 4.74 Å². The molecule has 2 aromatic rings. The zero-order valence-corrected chi connectivity index (χ0v) is 16.6. The lowest BCUT2D eigenvalue weighted by molar-refractivity contribution is -0.201. The van der Waals surface area contributed by atoms with Crippen LogP contribution in [0.4, 0.5) is 5.69 Å². The molecular weight excluding hydrogens is 382 g/mol. The summed E-state index contributed by atoms with van der Waals surface area (Å²) in [6, 6.07) is 13.9. The number of rotatable bonds is 3. The molecule has 1 N–H and O–H groups in total. The first kappa shape index (κ1) is 19.0. The summed E-state index contributed by atoms with van der Waals surface area (Å²) in [6.07, 6.45) is 2.80. The molecule has 0 radical (unpaired) electrons. The van der Waals surface area contributed by atoms with Crippen LogP contribution < -0.4 is 0 Å². The van der Waals surface area contributed by atoms with Gasteiger partial charge in [-0.15, -0.1) is 0 Å². The van der Waals surface area contributed by atoms with Gasteiger partial charge in [-0.3, -0.25) is 14.6 Å². The molecule has 7 heteroatoms. The Morgan fingerprint density at radius 2 is 1.60 bits per heavy atom. The minimum Gasteiger partial charge on any atom is -0.376 e. The summed E-state index contributed by atoms with van der Waals surface area (Å²) in [5.74, 6) is -0.346. The van der Waals surface area contributed by atoms with Gasteiger partial charge in [0, 0.05) is 44.4 Å². The maximum Gasteiger partial charge on any atom is 0.259 e. The Balaban J connectivity index is 1.23. The number of amides is 2. The van der Waals surface area contributed by atoms with E-state index in [1.807, 2.05) is 30.5 Å². The van der Waals surface area contributed by atoms with Crippen LogP contribution in [0.25, 0.3) is 11.1 Å². The van der Waals surface area contributed by atoms with E-state index in [-0.39, 0.29) is 25.0 Å². The smallest absolute Gasteiger partial charge is 0.259 e.